The summed E-state index contributed by atoms with van der Waals surface area (Å²) in [6, 6.07) is 13.2. The second kappa shape index (κ2) is 8.21. The minimum atomic E-state index is 0.0490. The molecule has 1 unspecified atom stereocenters. The second-order valence-corrected chi connectivity index (χ2v) is 6.87. The fourth-order valence-corrected chi connectivity index (χ4v) is 3.47. The van der Waals surface area contributed by atoms with Crippen molar-refractivity contribution in [3.63, 3.8) is 0 Å². The normalized spacial score (nSPS) is 16.8. The van der Waals surface area contributed by atoms with Gasteiger partial charge in [-0.25, -0.2) is 0 Å². The smallest absolute Gasteiger partial charge is 0.266 e. The lowest BCUT2D eigenvalue weighted by molar-refractivity contribution is -0.131. The molecule has 7 heteroatoms. The Balaban J connectivity index is 1.43. The van der Waals surface area contributed by atoms with Crippen molar-refractivity contribution in [2.24, 2.45) is 0 Å². The van der Waals surface area contributed by atoms with Crippen LogP contribution < -0.4 is 4.74 Å². The first-order valence-corrected chi connectivity index (χ1v) is 9.38. The molecule has 1 aliphatic heterocycles. The highest BCUT2D eigenvalue weighted by Gasteiger charge is 2.28. The van der Waals surface area contributed by atoms with Gasteiger partial charge in [0.2, 0.25) is 11.8 Å². The van der Waals surface area contributed by atoms with Gasteiger partial charge in [0, 0.05) is 19.3 Å². The van der Waals surface area contributed by atoms with Gasteiger partial charge in [0.1, 0.15) is 11.4 Å². The molecule has 1 aliphatic rings. The van der Waals surface area contributed by atoms with Gasteiger partial charge in [-0.2, -0.15) is 0 Å². The minimum absolute atomic E-state index is 0.0490. The van der Waals surface area contributed by atoms with E-state index in [9.17, 15) is 4.79 Å². The molecule has 28 heavy (non-hydrogen) atoms. The monoisotopic (exact) mass is 378 g/mol. The molecule has 144 valence electrons. The molecule has 7 nitrogen and oxygen atoms in total. The fourth-order valence-electron chi connectivity index (χ4n) is 3.47. The number of piperidine rings is 1. The number of carbonyl (C=O) groups is 1. The number of hydrogen-bond acceptors (Lipinski definition) is 6. The summed E-state index contributed by atoms with van der Waals surface area (Å²) >= 11 is 0. The summed E-state index contributed by atoms with van der Waals surface area (Å²) in [5.41, 5.74) is 1.60. The van der Waals surface area contributed by atoms with Crippen LogP contribution >= 0.6 is 0 Å². The van der Waals surface area contributed by atoms with E-state index in [4.69, 9.17) is 9.15 Å². The van der Waals surface area contributed by atoms with E-state index in [-0.39, 0.29) is 11.8 Å². The molecule has 0 spiro atoms. The maximum atomic E-state index is 12.8. The standard InChI is InChI=1S/C21H22N4O3/c1-27-17-8-4-6-15(12-17)13-19(26)25-11-5-7-16(14-25)20-23-24-21(28-20)18-9-2-3-10-22-18/h2-4,6,8-10,12,16H,5,7,11,13-14H2,1H3. The van der Waals surface area contributed by atoms with E-state index in [0.717, 1.165) is 30.7 Å². The van der Waals surface area contributed by atoms with Crippen LogP contribution in [0.1, 0.15) is 30.2 Å². The number of rotatable bonds is 5. The summed E-state index contributed by atoms with van der Waals surface area (Å²) in [5.74, 6) is 1.89. The third-order valence-electron chi connectivity index (χ3n) is 4.94. The van der Waals surface area contributed by atoms with Crippen molar-refractivity contribution in [3.05, 3.63) is 60.1 Å². The van der Waals surface area contributed by atoms with Crippen molar-refractivity contribution in [2.45, 2.75) is 25.2 Å². The van der Waals surface area contributed by atoms with Crippen LogP contribution in [0, 0.1) is 0 Å². The average molecular weight is 378 g/mol. The summed E-state index contributed by atoms with van der Waals surface area (Å²) in [4.78, 5) is 18.9. The number of benzene rings is 1. The predicted octanol–water partition coefficient (Wildman–Crippen LogP) is 3.09. The highest BCUT2D eigenvalue weighted by molar-refractivity contribution is 5.79. The summed E-state index contributed by atoms with van der Waals surface area (Å²) in [6.07, 6.45) is 3.88. The molecule has 2 aromatic heterocycles. The maximum Gasteiger partial charge on any atom is 0.266 e. The van der Waals surface area contributed by atoms with Crippen LogP contribution in [-0.2, 0) is 11.2 Å². The zero-order valence-corrected chi connectivity index (χ0v) is 15.7. The third kappa shape index (κ3) is 4.03. The zero-order chi connectivity index (χ0) is 19.3. The molecule has 0 radical (unpaired) electrons. The molecule has 0 bridgehead atoms. The Morgan fingerprint density at radius 3 is 3.00 bits per heavy atom. The summed E-state index contributed by atoms with van der Waals surface area (Å²) in [6.45, 7) is 1.34. The van der Waals surface area contributed by atoms with Crippen molar-refractivity contribution in [1.29, 1.82) is 0 Å². The first-order valence-electron chi connectivity index (χ1n) is 9.38. The van der Waals surface area contributed by atoms with E-state index in [1.54, 1.807) is 13.3 Å². The van der Waals surface area contributed by atoms with Crippen LogP contribution in [0.4, 0.5) is 0 Å². The molecule has 0 N–H and O–H groups in total. The molecule has 1 atom stereocenters. The van der Waals surface area contributed by atoms with E-state index in [0.29, 0.717) is 30.4 Å². The van der Waals surface area contributed by atoms with E-state index in [1.807, 2.05) is 47.4 Å². The van der Waals surface area contributed by atoms with Gasteiger partial charge in [-0.1, -0.05) is 18.2 Å². The first-order chi connectivity index (χ1) is 13.7. The van der Waals surface area contributed by atoms with Gasteiger partial charge in [0.15, 0.2) is 0 Å². The number of ether oxygens (including phenoxy) is 1. The average Bonchev–Trinajstić information content (AvgIpc) is 3.25. The predicted molar refractivity (Wildman–Crippen MR) is 103 cm³/mol. The molecule has 1 aromatic carbocycles. The highest BCUT2D eigenvalue weighted by atomic mass is 16.5. The molecule has 1 fully saturated rings. The van der Waals surface area contributed by atoms with Crippen molar-refractivity contribution in [2.75, 3.05) is 20.2 Å². The number of amides is 1. The molecule has 0 aliphatic carbocycles. The van der Waals surface area contributed by atoms with Gasteiger partial charge < -0.3 is 14.1 Å². The molecule has 1 amide bonds. The lowest BCUT2D eigenvalue weighted by atomic mass is 9.97. The van der Waals surface area contributed by atoms with E-state index in [2.05, 4.69) is 15.2 Å². The van der Waals surface area contributed by atoms with Gasteiger partial charge in [0.25, 0.3) is 5.89 Å². The SMILES string of the molecule is COc1cccc(CC(=O)N2CCCC(c3nnc(-c4ccccn4)o3)C2)c1. The van der Waals surface area contributed by atoms with Crippen molar-refractivity contribution in [1.82, 2.24) is 20.1 Å². The third-order valence-corrected chi connectivity index (χ3v) is 4.94. The first kappa shape index (κ1) is 18.2. The Labute approximate surface area is 163 Å². The summed E-state index contributed by atoms with van der Waals surface area (Å²) in [5, 5.41) is 8.33. The molecule has 1 saturated heterocycles. The lowest BCUT2D eigenvalue weighted by Crippen LogP contribution is -2.40. The van der Waals surface area contributed by atoms with Crippen molar-refractivity contribution < 1.29 is 13.9 Å². The van der Waals surface area contributed by atoms with Gasteiger partial charge in [-0.05, 0) is 42.7 Å². The van der Waals surface area contributed by atoms with E-state index in [1.165, 1.54) is 0 Å². The van der Waals surface area contributed by atoms with Crippen LogP contribution in [0.25, 0.3) is 11.6 Å². The topological polar surface area (TPSA) is 81.4 Å². The molecule has 4 rings (SSSR count). The van der Waals surface area contributed by atoms with Crippen molar-refractivity contribution >= 4 is 5.91 Å². The number of nitrogens with zero attached hydrogens (tertiary/aromatic N) is 4. The maximum absolute atomic E-state index is 12.8. The molecule has 0 saturated carbocycles. The Kier molecular flexibility index (Phi) is 5.32. The second-order valence-electron chi connectivity index (χ2n) is 6.87. The van der Waals surface area contributed by atoms with Crippen LogP contribution in [0.5, 0.6) is 5.75 Å². The van der Waals surface area contributed by atoms with Crippen molar-refractivity contribution in [3.8, 4) is 17.3 Å². The summed E-state index contributed by atoms with van der Waals surface area (Å²) < 4.78 is 11.1. The number of aromatic nitrogens is 3. The molecular weight excluding hydrogens is 356 g/mol. The van der Waals surface area contributed by atoms with Crippen LogP contribution in [0.2, 0.25) is 0 Å². The van der Waals surface area contributed by atoms with Gasteiger partial charge in [0.05, 0.1) is 19.4 Å². The quantitative estimate of drug-likeness (QED) is 0.679. The van der Waals surface area contributed by atoms with E-state index < -0.39 is 0 Å². The number of pyridine rings is 1. The Morgan fingerprint density at radius 1 is 1.25 bits per heavy atom. The van der Waals surface area contributed by atoms with Gasteiger partial charge >= 0.3 is 0 Å². The Morgan fingerprint density at radius 2 is 2.18 bits per heavy atom. The fraction of sp³-hybridized carbons (Fsp3) is 0.333. The van der Waals surface area contributed by atoms with Crippen LogP contribution in [0.3, 0.4) is 0 Å². The Hall–Kier alpha value is -3.22. The molecule has 3 heterocycles. The molecule has 3 aromatic rings. The van der Waals surface area contributed by atoms with E-state index >= 15 is 0 Å². The number of likely N-dealkylation sites (tertiary alicyclic amines) is 1. The van der Waals surface area contributed by atoms with Crippen LogP contribution in [0.15, 0.2) is 53.1 Å². The Bertz CT molecular complexity index is 942. The highest BCUT2D eigenvalue weighted by Crippen LogP contribution is 2.28. The minimum Gasteiger partial charge on any atom is -0.497 e. The lowest BCUT2D eigenvalue weighted by Gasteiger charge is -2.31. The number of methoxy groups -OCH3 is 1. The summed E-state index contributed by atoms with van der Waals surface area (Å²) in [7, 11) is 1.62. The van der Waals surface area contributed by atoms with Crippen LogP contribution in [-0.4, -0.2) is 46.2 Å². The number of carbonyl (C=O) groups excluding carboxylic acids is 1. The number of hydrogen-bond donors (Lipinski definition) is 0. The molecular formula is C21H22N4O3. The largest absolute Gasteiger partial charge is 0.497 e. The van der Waals surface area contributed by atoms with Gasteiger partial charge in [-0.15, -0.1) is 10.2 Å². The van der Waals surface area contributed by atoms with Gasteiger partial charge in [-0.3, -0.25) is 9.78 Å². The zero-order valence-electron chi connectivity index (χ0n) is 15.7.